The molecule has 3 nitrogen and oxygen atoms in total. The molecule has 59 valence electrons. The molecule has 3 heteroatoms. The number of carbonyl (C=O) groups excluding carboxylic acids is 1. The number of nitrogens with one attached hydrogen (secondary N) is 1. The fraction of sp³-hybridized carbons (Fsp3) is 0.857. The van der Waals surface area contributed by atoms with E-state index in [-0.39, 0.29) is 6.03 Å². The zero-order valence-corrected chi connectivity index (χ0v) is 6.68. The van der Waals surface area contributed by atoms with Gasteiger partial charge in [0.05, 0.1) is 0 Å². The van der Waals surface area contributed by atoms with Crippen molar-refractivity contribution in [2.75, 3.05) is 13.1 Å². The summed E-state index contributed by atoms with van der Waals surface area (Å²) in [5.74, 6) is 0. The highest BCUT2D eigenvalue weighted by Gasteiger charge is 1.96. The van der Waals surface area contributed by atoms with E-state index in [1.165, 1.54) is 0 Å². The highest BCUT2D eigenvalue weighted by molar-refractivity contribution is 5.73. The Kier molecular flexibility index (Phi) is 5.92. The monoisotopic (exact) mass is 143 g/mol. The Balaban J connectivity index is 3.05. The summed E-state index contributed by atoms with van der Waals surface area (Å²) in [6.45, 7) is 5.28. The van der Waals surface area contributed by atoms with E-state index in [4.69, 9.17) is 0 Å². The van der Waals surface area contributed by atoms with Gasteiger partial charge in [-0.3, -0.25) is 0 Å². The summed E-state index contributed by atoms with van der Waals surface area (Å²) in [7, 11) is 0. The third-order valence-electron chi connectivity index (χ3n) is 1.10. The van der Waals surface area contributed by atoms with Crippen LogP contribution >= 0.6 is 0 Å². The van der Waals surface area contributed by atoms with Gasteiger partial charge in [-0.2, -0.15) is 0 Å². The quantitative estimate of drug-likeness (QED) is 0.589. The highest BCUT2D eigenvalue weighted by atomic mass is 16.2. The third-order valence-corrected chi connectivity index (χ3v) is 1.10. The maximum Gasteiger partial charge on any atom is 0.336 e. The van der Waals surface area contributed by atoms with E-state index in [0.29, 0.717) is 13.1 Å². The van der Waals surface area contributed by atoms with E-state index >= 15 is 0 Å². The van der Waals surface area contributed by atoms with Crippen molar-refractivity contribution in [1.82, 2.24) is 10.6 Å². The molecule has 1 radical (unpaired) electrons. The normalized spacial score (nSPS) is 9.00. The topological polar surface area (TPSA) is 43.2 Å². The first-order chi connectivity index (χ1) is 4.81. The van der Waals surface area contributed by atoms with Crippen molar-refractivity contribution >= 4 is 6.03 Å². The molecule has 0 aliphatic rings. The maximum atomic E-state index is 10.6. The molecule has 2 amide bonds. The Morgan fingerprint density at radius 2 is 2.20 bits per heavy atom. The van der Waals surface area contributed by atoms with E-state index in [2.05, 4.69) is 17.6 Å². The Labute approximate surface area is 62.2 Å². The number of unbranched alkanes of at least 4 members (excludes halogenated alkanes) is 1. The lowest BCUT2D eigenvalue weighted by Crippen LogP contribution is -2.30. The summed E-state index contributed by atoms with van der Waals surface area (Å²) in [6, 6.07) is -0.184. The largest absolute Gasteiger partial charge is 0.337 e. The van der Waals surface area contributed by atoms with E-state index in [1.54, 1.807) is 0 Å². The van der Waals surface area contributed by atoms with Crippen molar-refractivity contribution in [3.63, 3.8) is 0 Å². The second-order valence-corrected chi connectivity index (χ2v) is 2.07. The summed E-state index contributed by atoms with van der Waals surface area (Å²) in [6.07, 6.45) is 2.08. The molecule has 0 aromatic rings. The van der Waals surface area contributed by atoms with Gasteiger partial charge in [0, 0.05) is 13.1 Å². The molecular formula is C7H15N2O. The highest BCUT2D eigenvalue weighted by Crippen LogP contribution is 1.82. The van der Waals surface area contributed by atoms with Crippen LogP contribution in [0.2, 0.25) is 0 Å². The van der Waals surface area contributed by atoms with Crippen LogP contribution in [0.3, 0.4) is 0 Å². The minimum absolute atomic E-state index is 0.184. The van der Waals surface area contributed by atoms with E-state index in [0.717, 1.165) is 12.8 Å². The first-order valence-electron chi connectivity index (χ1n) is 3.76. The predicted octanol–water partition coefficient (Wildman–Crippen LogP) is 1.12. The second-order valence-electron chi connectivity index (χ2n) is 2.07. The number of carbonyl (C=O) groups is 1. The molecule has 0 aromatic carbocycles. The van der Waals surface area contributed by atoms with Crippen LogP contribution in [0, 0.1) is 0 Å². The van der Waals surface area contributed by atoms with Crippen LogP contribution in [0.15, 0.2) is 0 Å². The number of hydrogen-bond acceptors (Lipinski definition) is 1. The zero-order valence-electron chi connectivity index (χ0n) is 6.68. The van der Waals surface area contributed by atoms with Crippen LogP contribution in [0.4, 0.5) is 4.79 Å². The maximum absolute atomic E-state index is 10.6. The van der Waals surface area contributed by atoms with E-state index in [1.807, 2.05) is 6.92 Å². The smallest absolute Gasteiger partial charge is 0.336 e. The standard InChI is InChI=1S/C7H15N2O/c1-3-5-6-9-7(10)8-4-2/h3-6H2,1-2H3,(H,8,10). The van der Waals surface area contributed by atoms with Crippen molar-refractivity contribution in [3.05, 3.63) is 0 Å². The lowest BCUT2D eigenvalue weighted by molar-refractivity contribution is 0.240. The van der Waals surface area contributed by atoms with Crippen LogP contribution in [-0.2, 0) is 0 Å². The van der Waals surface area contributed by atoms with Gasteiger partial charge in [0.2, 0.25) is 0 Å². The minimum atomic E-state index is -0.184. The van der Waals surface area contributed by atoms with Crippen molar-refractivity contribution in [2.24, 2.45) is 0 Å². The number of urea groups is 1. The molecule has 0 saturated heterocycles. The Morgan fingerprint density at radius 3 is 2.70 bits per heavy atom. The van der Waals surface area contributed by atoms with Gasteiger partial charge in [-0.15, -0.1) is 0 Å². The van der Waals surface area contributed by atoms with Gasteiger partial charge < -0.3 is 5.32 Å². The molecule has 0 fully saturated rings. The van der Waals surface area contributed by atoms with Gasteiger partial charge >= 0.3 is 6.03 Å². The molecular weight excluding hydrogens is 128 g/mol. The number of hydrogen-bond donors (Lipinski definition) is 1. The molecule has 1 N–H and O–H groups in total. The van der Waals surface area contributed by atoms with E-state index < -0.39 is 0 Å². The average Bonchev–Trinajstić information content (AvgIpc) is 1.89. The third kappa shape index (κ3) is 5.41. The summed E-state index contributed by atoms with van der Waals surface area (Å²) in [5, 5.41) is 6.35. The van der Waals surface area contributed by atoms with Crippen LogP contribution < -0.4 is 10.6 Å². The fourth-order valence-corrected chi connectivity index (χ4v) is 0.546. The molecule has 0 aromatic heterocycles. The second kappa shape index (κ2) is 6.39. The Hall–Kier alpha value is -0.730. The molecule has 0 heterocycles. The zero-order chi connectivity index (χ0) is 7.82. The minimum Gasteiger partial charge on any atom is -0.337 e. The predicted molar refractivity (Wildman–Crippen MR) is 41.0 cm³/mol. The molecule has 0 spiro atoms. The van der Waals surface area contributed by atoms with Crippen molar-refractivity contribution < 1.29 is 4.79 Å². The van der Waals surface area contributed by atoms with Crippen molar-refractivity contribution in [2.45, 2.75) is 26.7 Å². The van der Waals surface area contributed by atoms with Crippen LogP contribution in [-0.4, -0.2) is 19.1 Å². The molecule has 0 unspecified atom stereocenters. The van der Waals surface area contributed by atoms with Gasteiger partial charge in [0.25, 0.3) is 0 Å². The lowest BCUT2D eigenvalue weighted by atomic mass is 10.3. The fourth-order valence-electron chi connectivity index (χ4n) is 0.546. The summed E-state index contributed by atoms with van der Waals surface area (Å²) >= 11 is 0. The summed E-state index contributed by atoms with van der Waals surface area (Å²) in [4.78, 5) is 10.6. The van der Waals surface area contributed by atoms with E-state index in [9.17, 15) is 4.79 Å². The van der Waals surface area contributed by atoms with Crippen molar-refractivity contribution in [3.8, 4) is 0 Å². The Morgan fingerprint density at radius 1 is 1.50 bits per heavy atom. The number of amides is 2. The van der Waals surface area contributed by atoms with Gasteiger partial charge in [0.1, 0.15) is 0 Å². The van der Waals surface area contributed by atoms with Crippen LogP contribution in [0.5, 0.6) is 0 Å². The molecule has 0 aliphatic heterocycles. The first kappa shape index (κ1) is 9.27. The van der Waals surface area contributed by atoms with Gasteiger partial charge in [-0.1, -0.05) is 13.3 Å². The van der Waals surface area contributed by atoms with Crippen LogP contribution in [0.25, 0.3) is 0 Å². The van der Waals surface area contributed by atoms with Gasteiger partial charge in [-0.25, -0.2) is 10.1 Å². The molecule has 0 aliphatic carbocycles. The lowest BCUT2D eigenvalue weighted by Gasteiger charge is -2.00. The van der Waals surface area contributed by atoms with Gasteiger partial charge in [0.15, 0.2) is 0 Å². The molecule has 0 rings (SSSR count). The first-order valence-corrected chi connectivity index (χ1v) is 3.76. The number of rotatable bonds is 4. The number of nitrogens with zero attached hydrogens (tertiary/aromatic N) is 1. The molecule has 0 saturated carbocycles. The van der Waals surface area contributed by atoms with Crippen molar-refractivity contribution in [1.29, 1.82) is 0 Å². The summed E-state index contributed by atoms with van der Waals surface area (Å²) in [5.41, 5.74) is 0. The summed E-state index contributed by atoms with van der Waals surface area (Å²) < 4.78 is 0. The SMILES string of the molecule is CCCC[N]C(=O)NCC. The molecule has 0 atom stereocenters. The molecule has 10 heavy (non-hydrogen) atoms. The van der Waals surface area contributed by atoms with Crippen LogP contribution in [0.1, 0.15) is 26.7 Å². The van der Waals surface area contributed by atoms with Gasteiger partial charge in [-0.05, 0) is 13.3 Å². The molecule has 0 bridgehead atoms. The Bertz CT molecular complexity index is 93.6. The average molecular weight is 143 g/mol.